The second-order valence-corrected chi connectivity index (χ2v) is 4.56. The molecular weight excluding hydrogens is 190 g/mol. The number of aromatic nitrogens is 2. The molecule has 0 saturated heterocycles. The van der Waals surface area contributed by atoms with Crippen molar-refractivity contribution in [3.63, 3.8) is 0 Å². The lowest BCUT2D eigenvalue weighted by atomic mass is 10.0. The zero-order valence-corrected chi connectivity index (χ0v) is 10.0. The van der Waals surface area contributed by atoms with E-state index in [0.29, 0.717) is 17.7 Å². The summed E-state index contributed by atoms with van der Waals surface area (Å²) in [6.07, 6.45) is 1.86. The number of hydrogen-bond donors (Lipinski definition) is 1. The van der Waals surface area contributed by atoms with Gasteiger partial charge in [-0.2, -0.15) is 4.98 Å². The summed E-state index contributed by atoms with van der Waals surface area (Å²) in [4.78, 5) is 4.32. The molecule has 1 unspecified atom stereocenters. The van der Waals surface area contributed by atoms with Gasteiger partial charge in [-0.15, -0.1) is 0 Å². The quantitative estimate of drug-likeness (QED) is 0.811. The van der Waals surface area contributed by atoms with Gasteiger partial charge in [-0.25, -0.2) is 0 Å². The van der Waals surface area contributed by atoms with Gasteiger partial charge in [0, 0.05) is 6.42 Å². The summed E-state index contributed by atoms with van der Waals surface area (Å²) in [6, 6.07) is -0.136. The van der Waals surface area contributed by atoms with E-state index in [1.807, 2.05) is 0 Å². The molecule has 1 rings (SSSR count). The summed E-state index contributed by atoms with van der Waals surface area (Å²) < 4.78 is 5.16. The lowest BCUT2D eigenvalue weighted by molar-refractivity contribution is 0.310. The van der Waals surface area contributed by atoms with Crippen molar-refractivity contribution >= 4 is 0 Å². The zero-order chi connectivity index (χ0) is 11.4. The second kappa shape index (κ2) is 5.26. The maximum atomic E-state index is 6.00. The summed E-state index contributed by atoms with van der Waals surface area (Å²) >= 11 is 0. The van der Waals surface area contributed by atoms with Crippen molar-refractivity contribution in [2.75, 3.05) is 0 Å². The molecule has 0 spiro atoms. The van der Waals surface area contributed by atoms with Crippen molar-refractivity contribution in [3.8, 4) is 0 Å². The standard InChI is InChI=1S/C11H21N3O/c1-5-8(4)10(12)11-13-9(14-15-11)6-7(2)3/h7-8,10H,5-6,12H2,1-4H3/t8?,10-/m0/s1. The second-order valence-electron chi connectivity index (χ2n) is 4.56. The Bertz CT molecular complexity index is 296. The smallest absolute Gasteiger partial charge is 0.243 e. The van der Waals surface area contributed by atoms with Crippen molar-refractivity contribution in [2.45, 2.75) is 46.6 Å². The Morgan fingerprint density at radius 2 is 2.00 bits per heavy atom. The predicted octanol–water partition coefficient (Wildman–Crippen LogP) is 2.31. The fourth-order valence-corrected chi connectivity index (χ4v) is 1.35. The minimum Gasteiger partial charge on any atom is -0.338 e. The van der Waals surface area contributed by atoms with Crippen LogP contribution in [0.25, 0.3) is 0 Å². The average molecular weight is 211 g/mol. The van der Waals surface area contributed by atoms with Gasteiger partial charge in [0.25, 0.3) is 0 Å². The molecule has 15 heavy (non-hydrogen) atoms. The van der Waals surface area contributed by atoms with Crippen LogP contribution in [0.2, 0.25) is 0 Å². The Kier molecular flexibility index (Phi) is 4.27. The lowest BCUT2D eigenvalue weighted by Crippen LogP contribution is -2.18. The molecule has 0 bridgehead atoms. The van der Waals surface area contributed by atoms with Crippen LogP contribution in [-0.2, 0) is 6.42 Å². The van der Waals surface area contributed by atoms with Crippen molar-refractivity contribution in [1.82, 2.24) is 10.1 Å². The van der Waals surface area contributed by atoms with E-state index in [-0.39, 0.29) is 6.04 Å². The van der Waals surface area contributed by atoms with Crippen LogP contribution < -0.4 is 5.73 Å². The molecule has 1 aromatic rings. The van der Waals surface area contributed by atoms with Crippen LogP contribution in [0.4, 0.5) is 0 Å². The van der Waals surface area contributed by atoms with Crippen molar-refractivity contribution in [2.24, 2.45) is 17.6 Å². The number of hydrogen-bond acceptors (Lipinski definition) is 4. The molecule has 2 N–H and O–H groups in total. The molecule has 1 heterocycles. The number of nitrogens with two attached hydrogens (primary N) is 1. The molecule has 0 amide bonds. The van der Waals surface area contributed by atoms with Crippen LogP contribution in [-0.4, -0.2) is 10.1 Å². The maximum absolute atomic E-state index is 6.00. The van der Waals surface area contributed by atoms with E-state index in [2.05, 4.69) is 37.8 Å². The largest absolute Gasteiger partial charge is 0.338 e. The molecule has 0 fully saturated rings. The minimum atomic E-state index is -0.136. The van der Waals surface area contributed by atoms with E-state index >= 15 is 0 Å². The highest BCUT2D eigenvalue weighted by Crippen LogP contribution is 2.20. The molecule has 0 aliphatic carbocycles. The summed E-state index contributed by atoms with van der Waals surface area (Å²) in [7, 11) is 0. The van der Waals surface area contributed by atoms with Gasteiger partial charge in [0.2, 0.25) is 5.89 Å². The fraction of sp³-hybridized carbons (Fsp3) is 0.818. The monoisotopic (exact) mass is 211 g/mol. The van der Waals surface area contributed by atoms with E-state index < -0.39 is 0 Å². The van der Waals surface area contributed by atoms with Gasteiger partial charge in [-0.05, 0) is 11.8 Å². The van der Waals surface area contributed by atoms with Gasteiger partial charge in [-0.1, -0.05) is 39.3 Å². The van der Waals surface area contributed by atoms with Crippen molar-refractivity contribution in [3.05, 3.63) is 11.7 Å². The van der Waals surface area contributed by atoms with E-state index in [9.17, 15) is 0 Å². The van der Waals surface area contributed by atoms with Crippen molar-refractivity contribution in [1.29, 1.82) is 0 Å². The first-order valence-corrected chi connectivity index (χ1v) is 5.62. The van der Waals surface area contributed by atoms with E-state index in [1.165, 1.54) is 0 Å². The SMILES string of the molecule is CCC(C)[C@H](N)c1nc(CC(C)C)no1. The third-order valence-corrected chi connectivity index (χ3v) is 2.62. The molecule has 0 aliphatic rings. The van der Waals surface area contributed by atoms with Gasteiger partial charge in [0.1, 0.15) is 0 Å². The van der Waals surface area contributed by atoms with Gasteiger partial charge >= 0.3 is 0 Å². The van der Waals surface area contributed by atoms with Crippen LogP contribution in [0.1, 0.15) is 51.9 Å². The molecule has 0 aliphatic heterocycles. The van der Waals surface area contributed by atoms with Gasteiger partial charge in [-0.3, -0.25) is 0 Å². The van der Waals surface area contributed by atoms with E-state index in [1.54, 1.807) is 0 Å². The van der Waals surface area contributed by atoms with Crippen molar-refractivity contribution < 1.29 is 4.52 Å². The molecule has 1 aromatic heterocycles. The van der Waals surface area contributed by atoms with E-state index in [0.717, 1.165) is 18.7 Å². The molecular formula is C11H21N3O. The Hall–Kier alpha value is -0.900. The molecule has 4 nitrogen and oxygen atoms in total. The molecule has 0 aromatic carbocycles. The van der Waals surface area contributed by atoms with E-state index in [4.69, 9.17) is 10.3 Å². The Labute approximate surface area is 91.2 Å². The topological polar surface area (TPSA) is 64.9 Å². The highest BCUT2D eigenvalue weighted by Gasteiger charge is 2.19. The third-order valence-electron chi connectivity index (χ3n) is 2.62. The molecule has 86 valence electrons. The summed E-state index contributed by atoms with van der Waals surface area (Å²) in [5, 5.41) is 3.93. The molecule has 2 atom stereocenters. The minimum absolute atomic E-state index is 0.136. The maximum Gasteiger partial charge on any atom is 0.243 e. The van der Waals surface area contributed by atoms with Crippen LogP contribution in [0.5, 0.6) is 0 Å². The highest BCUT2D eigenvalue weighted by molar-refractivity contribution is 4.94. The summed E-state index contributed by atoms with van der Waals surface area (Å²) in [5.74, 6) is 2.24. The summed E-state index contributed by atoms with van der Waals surface area (Å²) in [6.45, 7) is 8.46. The van der Waals surface area contributed by atoms with Crippen LogP contribution in [0.3, 0.4) is 0 Å². The van der Waals surface area contributed by atoms with Crippen LogP contribution >= 0.6 is 0 Å². The highest BCUT2D eigenvalue weighted by atomic mass is 16.5. The molecule has 4 heteroatoms. The van der Waals surface area contributed by atoms with Gasteiger partial charge in [0.15, 0.2) is 5.82 Å². The first kappa shape index (κ1) is 12.2. The number of rotatable bonds is 5. The Morgan fingerprint density at radius 1 is 1.33 bits per heavy atom. The average Bonchev–Trinajstić information content (AvgIpc) is 2.63. The zero-order valence-electron chi connectivity index (χ0n) is 10.0. The molecule has 0 saturated carbocycles. The Morgan fingerprint density at radius 3 is 2.53 bits per heavy atom. The molecule has 0 radical (unpaired) electrons. The first-order valence-electron chi connectivity index (χ1n) is 5.62. The third kappa shape index (κ3) is 3.30. The summed E-state index contributed by atoms with van der Waals surface area (Å²) in [5.41, 5.74) is 6.00. The fourth-order valence-electron chi connectivity index (χ4n) is 1.35. The lowest BCUT2D eigenvalue weighted by Gasteiger charge is -2.12. The van der Waals surface area contributed by atoms with Crippen LogP contribution in [0.15, 0.2) is 4.52 Å². The van der Waals surface area contributed by atoms with Gasteiger partial charge in [0.05, 0.1) is 6.04 Å². The predicted molar refractivity (Wildman–Crippen MR) is 59.2 cm³/mol. The normalized spacial score (nSPS) is 15.6. The first-order chi connectivity index (χ1) is 7.04. The Balaban J connectivity index is 2.66. The number of nitrogens with zero attached hydrogens (tertiary/aromatic N) is 2. The van der Waals surface area contributed by atoms with Crippen LogP contribution in [0, 0.1) is 11.8 Å². The van der Waals surface area contributed by atoms with Gasteiger partial charge < -0.3 is 10.3 Å².